The second-order valence-corrected chi connectivity index (χ2v) is 10.0. The van der Waals surface area contributed by atoms with Crippen LogP contribution in [0.4, 0.5) is 10.9 Å². The Balaban J connectivity index is 1.27. The van der Waals surface area contributed by atoms with Gasteiger partial charge in [0.15, 0.2) is 5.13 Å². The molecule has 0 spiro atoms. The van der Waals surface area contributed by atoms with Gasteiger partial charge in [-0.25, -0.2) is 9.97 Å². The molecule has 10 heteroatoms. The normalized spacial score (nSPS) is 15.8. The summed E-state index contributed by atoms with van der Waals surface area (Å²) in [5.74, 6) is 1.63. The van der Waals surface area contributed by atoms with Crippen LogP contribution in [0.1, 0.15) is 41.4 Å². The summed E-state index contributed by atoms with van der Waals surface area (Å²) in [7, 11) is 1.77. The number of benzene rings is 1. The Kier molecular flexibility index (Phi) is 9.11. The standard InChI is InChI=1S/C26H29ClN6O2S/c1-32(13-4-16-35-21-10-8-20(27)9-11-21)25(34)23-18-36-26(30-23)31-24-7-2-6-22(29-24)19-5-3-14-33(17-19)15-12-28/h2,6-11,18-19H,3-5,13-17H2,1H3,(H,29,30,31). The number of amides is 1. The Hall–Kier alpha value is -3.19. The number of hydrogen-bond acceptors (Lipinski definition) is 8. The van der Waals surface area contributed by atoms with Crippen molar-refractivity contribution in [3.05, 3.63) is 64.3 Å². The quantitative estimate of drug-likeness (QED) is 0.288. The molecule has 0 radical (unpaired) electrons. The van der Waals surface area contributed by atoms with Gasteiger partial charge in [-0.2, -0.15) is 5.26 Å². The summed E-state index contributed by atoms with van der Waals surface area (Å²) in [4.78, 5) is 25.9. The van der Waals surface area contributed by atoms with Crippen LogP contribution >= 0.6 is 22.9 Å². The number of rotatable bonds is 10. The first-order valence-corrected chi connectivity index (χ1v) is 13.2. The Morgan fingerprint density at radius 1 is 1.31 bits per heavy atom. The predicted octanol–water partition coefficient (Wildman–Crippen LogP) is 5.18. The van der Waals surface area contributed by atoms with E-state index in [2.05, 4.69) is 21.3 Å². The fourth-order valence-electron chi connectivity index (χ4n) is 4.15. The minimum atomic E-state index is -0.132. The van der Waals surface area contributed by atoms with Crippen molar-refractivity contribution < 1.29 is 9.53 Å². The SMILES string of the molecule is CN(CCCOc1ccc(Cl)cc1)C(=O)c1csc(Nc2cccc(C3CCCN(CC#N)C3)n2)n1. The highest BCUT2D eigenvalue weighted by Crippen LogP contribution is 2.27. The first kappa shape index (κ1) is 25.9. The lowest BCUT2D eigenvalue weighted by Crippen LogP contribution is -2.34. The molecule has 3 aromatic rings. The minimum Gasteiger partial charge on any atom is -0.494 e. The summed E-state index contributed by atoms with van der Waals surface area (Å²) in [6.07, 6.45) is 2.82. The van der Waals surface area contributed by atoms with E-state index in [9.17, 15) is 4.79 Å². The van der Waals surface area contributed by atoms with Crippen LogP contribution in [-0.4, -0.2) is 65.5 Å². The number of piperidine rings is 1. The number of nitriles is 1. The molecule has 1 aliphatic rings. The molecule has 1 amide bonds. The molecule has 3 heterocycles. The second-order valence-electron chi connectivity index (χ2n) is 8.73. The molecule has 1 atom stereocenters. The summed E-state index contributed by atoms with van der Waals surface area (Å²) < 4.78 is 5.69. The van der Waals surface area contributed by atoms with E-state index in [1.54, 1.807) is 29.5 Å². The number of thiazole rings is 1. The van der Waals surface area contributed by atoms with Crippen molar-refractivity contribution in [1.29, 1.82) is 5.26 Å². The number of anilines is 2. The number of carbonyl (C=O) groups excluding carboxylic acids is 1. The molecule has 1 fully saturated rings. The van der Waals surface area contributed by atoms with E-state index in [-0.39, 0.29) is 5.91 Å². The van der Waals surface area contributed by atoms with Crippen molar-refractivity contribution in [2.75, 3.05) is 45.2 Å². The lowest BCUT2D eigenvalue weighted by molar-refractivity contribution is 0.0783. The number of aromatic nitrogens is 2. The molecular weight excluding hydrogens is 496 g/mol. The smallest absolute Gasteiger partial charge is 0.273 e. The van der Waals surface area contributed by atoms with Crippen LogP contribution in [0, 0.1) is 11.3 Å². The third-order valence-electron chi connectivity index (χ3n) is 6.01. The first-order chi connectivity index (χ1) is 17.5. The molecular formula is C26H29ClN6O2S. The fraction of sp³-hybridized carbons (Fsp3) is 0.385. The molecule has 1 unspecified atom stereocenters. The van der Waals surface area contributed by atoms with Gasteiger partial charge in [0.2, 0.25) is 0 Å². The van der Waals surface area contributed by atoms with Crippen LogP contribution in [0.3, 0.4) is 0 Å². The number of halogens is 1. The van der Waals surface area contributed by atoms with Crippen LogP contribution in [0.5, 0.6) is 5.75 Å². The molecule has 8 nitrogen and oxygen atoms in total. The molecule has 36 heavy (non-hydrogen) atoms. The lowest BCUT2D eigenvalue weighted by atomic mass is 9.94. The highest BCUT2D eigenvalue weighted by molar-refractivity contribution is 7.14. The summed E-state index contributed by atoms with van der Waals surface area (Å²) in [5.41, 5.74) is 1.41. The monoisotopic (exact) mass is 524 g/mol. The Bertz CT molecular complexity index is 1200. The molecule has 0 saturated carbocycles. The second kappa shape index (κ2) is 12.7. The molecule has 0 aliphatic carbocycles. The highest BCUT2D eigenvalue weighted by atomic mass is 35.5. The third-order valence-corrected chi connectivity index (χ3v) is 7.02. The van der Waals surface area contributed by atoms with E-state index in [4.69, 9.17) is 26.6 Å². The Morgan fingerprint density at radius 2 is 2.14 bits per heavy atom. The van der Waals surface area contributed by atoms with Gasteiger partial charge in [0, 0.05) is 42.2 Å². The molecule has 1 aliphatic heterocycles. The molecule has 1 saturated heterocycles. The average molecular weight is 525 g/mol. The predicted molar refractivity (Wildman–Crippen MR) is 142 cm³/mol. The molecule has 1 N–H and O–H groups in total. The summed E-state index contributed by atoms with van der Waals surface area (Å²) >= 11 is 7.26. The Morgan fingerprint density at radius 3 is 2.94 bits per heavy atom. The van der Waals surface area contributed by atoms with Gasteiger partial charge in [0.05, 0.1) is 19.2 Å². The largest absolute Gasteiger partial charge is 0.494 e. The van der Waals surface area contributed by atoms with E-state index >= 15 is 0 Å². The van der Waals surface area contributed by atoms with Gasteiger partial charge in [0.25, 0.3) is 5.91 Å². The van der Waals surface area contributed by atoms with Crippen molar-refractivity contribution in [1.82, 2.24) is 19.8 Å². The summed E-state index contributed by atoms with van der Waals surface area (Å²) in [6, 6.07) is 15.4. The zero-order valence-electron chi connectivity index (χ0n) is 20.2. The number of nitrogens with one attached hydrogen (secondary N) is 1. The number of ether oxygens (including phenoxy) is 1. The van der Waals surface area contributed by atoms with Gasteiger partial charge in [-0.15, -0.1) is 11.3 Å². The topological polar surface area (TPSA) is 94.4 Å². The van der Waals surface area contributed by atoms with Crippen LogP contribution in [0.15, 0.2) is 47.8 Å². The zero-order chi connectivity index (χ0) is 25.3. The van der Waals surface area contributed by atoms with Crippen LogP contribution in [0.25, 0.3) is 0 Å². The zero-order valence-corrected chi connectivity index (χ0v) is 21.8. The number of carbonyl (C=O) groups is 1. The maximum atomic E-state index is 12.8. The number of pyridine rings is 1. The van der Waals surface area contributed by atoms with Gasteiger partial charge in [-0.05, 0) is 62.2 Å². The highest BCUT2D eigenvalue weighted by Gasteiger charge is 2.22. The van der Waals surface area contributed by atoms with E-state index < -0.39 is 0 Å². The fourth-order valence-corrected chi connectivity index (χ4v) is 4.96. The van der Waals surface area contributed by atoms with Crippen LogP contribution in [-0.2, 0) is 0 Å². The maximum absolute atomic E-state index is 12.8. The third kappa shape index (κ3) is 7.17. The molecule has 2 aromatic heterocycles. The number of nitrogens with zero attached hydrogens (tertiary/aromatic N) is 5. The van der Waals surface area contributed by atoms with E-state index in [1.807, 2.05) is 30.3 Å². The van der Waals surface area contributed by atoms with Gasteiger partial charge >= 0.3 is 0 Å². The van der Waals surface area contributed by atoms with E-state index in [0.29, 0.717) is 53.7 Å². The van der Waals surface area contributed by atoms with E-state index in [1.165, 1.54) is 11.3 Å². The minimum absolute atomic E-state index is 0.132. The molecule has 4 rings (SSSR count). The first-order valence-electron chi connectivity index (χ1n) is 11.9. The molecule has 188 valence electrons. The van der Waals surface area contributed by atoms with Gasteiger partial charge in [-0.3, -0.25) is 9.69 Å². The van der Waals surface area contributed by atoms with Crippen molar-refractivity contribution in [2.45, 2.75) is 25.2 Å². The number of likely N-dealkylation sites (tertiary alicyclic amines) is 1. The molecule has 0 bridgehead atoms. The van der Waals surface area contributed by atoms with E-state index in [0.717, 1.165) is 37.4 Å². The van der Waals surface area contributed by atoms with Crippen molar-refractivity contribution in [3.8, 4) is 11.8 Å². The van der Waals surface area contributed by atoms with Crippen molar-refractivity contribution >= 4 is 39.8 Å². The van der Waals surface area contributed by atoms with Crippen molar-refractivity contribution in [2.24, 2.45) is 0 Å². The lowest BCUT2D eigenvalue weighted by Gasteiger charge is -2.30. The maximum Gasteiger partial charge on any atom is 0.273 e. The average Bonchev–Trinajstić information content (AvgIpc) is 3.36. The van der Waals surface area contributed by atoms with Crippen molar-refractivity contribution in [3.63, 3.8) is 0 Å². The van der Waals surface area contributed by atoms with Gasteiger partial charge in [-0.1, -0.05) is 17.7 Å². The summed E-state index contributed by atoms with van der Waals surface area (Å²) in [6.45, 7) is 3.31. The Labute approximate surface area is 220 Å². The van der Waals surface area contributed by atoms with Crippen LogP contribution in [0.2, 0.25) is 5.02 Å². The number of hydrogen-bond donors (Lipinski definition) is 1. The van der Waals surface area contributed by atoms with Gasteiger partial charge < -0.3 is 15.0 Å². The molecule has 1 aromatic carbocycles. The summed E-state index contributed by atoms with van der Waals surface area (Å²) in [5, 5.41) is 15.3. The van der Waals surface area contributed by atoms with Crippen LogP contribution < -0.4 is 10.1 Å². The van der Waals surface area contributed by atoms with Gasteiger partial charge in [0.1, 0.15) is 17.3 Å².